The van der Waals surface area contributed by atoms with Gasteiger partial charge in [0.05, 0.1) is 31.0 Å². The minimum Gasteiger partial charge on any atom is -0.494 e. The maximum atomic E-state index is 13.7. The van der Waals surface area contributed by atoms with E-state index in [2.05, 4.69) is 23.9 Å². The molecule has 2 fully saturated rings. The summed E-state index contributed by atoms with van der Waals surface area (Å²) in [6.45, 7) is 6.95. The predicted octanol–water partition coefficient (Wildman–Crippen LogP) is 4.32. The second-order valence-corrected chi connectivity index (χ2v) is 11.9. The molecule has 1 saturated heterocycles. The Morgan fingerprint density at radius 3 is 2.46 bits per heavy atom. The smallest absolute Gasteiger partial charge is 0.208 e. The Labute approximate surface area is 211 Å². The van der Waals surface area contributed by atoms with Gasteiger partial charge < -0.3 is 14.8 Å². The molecule has 198 valence electrons. The van der Waals surface area contributed by atoms with Crippen molar-refractivity contribution in [2.24, 2.45) is 11.8 Å². The molecule has 2 aliphatic rings. The largest absolute Gasteiger partial charge is 0.494 e. The summed E-state index contributed by atoms with van der Waals surface area (Å²) in [4.78, 5) is 13.7. The number of ketones is 1. The summed E-state index contributed by atoms with van der Waals surface area (Å²) in [5, 5.41) is 3.41. The molecule has 0 spiro atoms. The summed E-state index contributed by atoms with van der Waals surface area (Å²) in [6, 6.07) is 7.33. The maximum Gasteiger partial charge on any atom is 0.208 e. The van der Waals surface area contributed by atoms with Crippen molar-refractivity contribution in [1.29, 1.82) is 0 Å². The first kappa shape index (κ1) is 28.1. The highest BCUT2D eigenvalue weighted by atomic mass is 32.2. The maximum absolute atomic E-state index is 13.7. The van der Waals surface area contributed by atoms with Crippen LogP contribution < -0.4 is 14.8 Å². The van der Waals surface area contributed by atoms with E-state index in [1.54, 1.807) is 0 Å². The number of carbonyl (C=O) groups is 1. The third-order valence-electron chi connectivity index (χ3n) is 7.18. The van der Waals surface area contributed by atoms with Crippen LogP contribution in [-0.4, -0.2) is 58.4 Å². The lowest BCUT2D eigenvalue weighted by molar-refractivity contribution is 0.00885. The monoisotopic (exact) mass is 508 g/mol. The van der Waals surface area contributed by atoms with E-state index in [1.807, 2.05) is 24.3 Å². The van der Waals surface area contributed by atoms with Gasteiger partial charge in [-0.15, -0.1) is 0 Å². The average molecular weight is 509 g/mol. The van der Waals surface area contributed by atoms with Gasteiger partial charge in [-0.2, -0.15) is 0 Å². The molecule has 5 unspecified atom stereocenters. The summed E-state index contributed by atoms with van der Waals surface area (Å²) in [6.07, 6.45) is 9.54. The van der Waals surface area contributed by atoms with E-state index in [1.165, 1.54) is 19.1 Å². The summed E-state index contributed by atoms with van der Waals surface area (Å²) in [5.74, 6) is 0.670. The molecule has 0 radical (unpaired) electrons. The molecule has 3 rings (SSSR count). The lowest BCUT2D eigenvalue weighted by Crippen LogP contribution is -2.43. The van der Waals surface area contributed by atoms with Crippen molar-refractivity contribution in [1.82, 2.24) is 10.0 Å². The Morgan fingerprint density at radius 2 is 1.77 bits per heavy atom. The van der Waals surface area contributed by atoms with Gasteiger partial charge in [-0.25, -0.2) is 13.1 Å². The van der Waals surface area contributed by atoms with Crippen LogP contribution in [0.3, 0.4) is 0 Å². The Bertz CT molecular complexity index is 889. The van der Waals surface area contributed by atoms with E-state index in [4.69, 9.17) is 9.47 Å². The highest BCUT2D eigenvalue weighted by molar-refractivity contribution is 7.88. The number of Topliss-reactive ketones (excluding diaryl/α,β-unsaturated/α-hetero) is 1. The molecule has 0 amide bonds. The van der Waals surface area contributed by atoms with Crippen LogP contribution in [0, 0.1) is 11.8 Å². The van der Waals surface area contributed by atoms with Gasteiger partial charge in [-0.1, -0.05) is 33.1 Å². The normalized spacial score (nSPS) is 26.4. The average Bonchev–Trinajstić information content (AvgIpc) is 3.18. The van der Waals surface area contributed by atoms with Crippen molar-refractivity contribution in [2.75, 3.05) is 26.0 Å². The molecule has 1 aliphatic carbocycles. The molecule has 1 aromatic rings. The number of ether oxygens (including phenoxy) is 2. The molecule has 35 heavy (non-hydrogen) atoms. The highest BCUT2D eigenvalue weighted by Gasteiger charge is 2.50. The lowest BCUT2D eigenvalue weighted by atomic mass is 9.73. The number of hydrogen-bond acceptors (Lipinski definition) is 6. The van der Waals surface area contributed by atoms with Crippen LogP contribution >= 0.6 is 0 Å². The van der Waals surface area contributed by atoms with Crippen LogP contribution in [0.4, 0.5) is 0 Å². The Morgan fingerprint density at radius 1 is 1.06 bits per heavy atom. The van der Waals surface area contributed by atoms with Crippen LogP contribution in [0.15, 0.2) is 24.3 Å². The van der Waals surface area contributed by atoms with Crippen LogP contribution in [-0.2, 0) is 14.8 Å². The molecule has 1 heterocycles. The van der Waals surface area contributed by atoms with E-state index >= 15 is 0 Å². The molecule has 1 aliphatic heterocycles. The number of hydrogen-bond donors (Lipinski definition) is 2. The lowest BCUT2D eigenvalue weighted by Gasteiger charge is -2.32. The first-order valence-electron chi connectivity index (χ1n) is 13.4. The molecule has 1 saturated carbocycles. The van der Waals surface area contributed by atoms with Gasteiger partial charge in [0, 0.05) is 11.6 Å². The molecule has 5 atom stereocenters. The fraction of sp³-hybridized carbons (Fsp3) is 0.741. The predicted molar refractivity (Wildman–Crippen MR) is 139 cm³/mol. The summed E-state index contributed by atoms with van der Waals surface area (Å²) >= 11 is 0. The number of unbranched alkanes of at least 4 members (excludes halogenated alkanes) is 2. The van der Waals surface area contributed by atoms with Crippen LogP contribution in [0.25, 0.3) is 0 Å². The van der Waals surface area contributed by atoms with E-state index in [-0.39, 0.29) is 35.9 Å². The number of carbonyl (C=O) groups excluding carboxylic acids is 1. The molecule has 7 nitrogen and oxygen atoms in total. The van der Waals surface area contributed by atoms with Crippen molar-refractivity contribution in [3.8, 4) is 5.75 Å². The third kappa shape index (κ3) is 8.55. The SMILES string of the molecule is CCCCNCCCOc1ccc(C(=O)C2C(CCCC)OC3CCC(NS(C)(=O)=O)CC32)cc1. The summed E-state index contributed by atoms with van der Waals surface area (Å²) < 4.78 is 38.6. The number of rotatable bonds is 15. The Hall–Kier alpha value is -1.48. The molecule has 0 bridgehead atoms. The zero-order valence-electron chi connectivity index (χ0n) is 21.6. The second-order valence-electron chi connectivity index (χ2n) is 10.1. The third-order valence-corrected chi connectivity index (χ3v) is 7.95. The molecular formula is C27H44N2O5S. The van der Waals surface area contributed by atoms with Gasteiger partial charge in [-0.05, 0) is 81.8 Å². The van der Waals surface area contributed by atoms with Crippen LogP contribution in [0.5, 0.6) is 5.75 Å². The summed E-state index contributed by atoms with van der Waals surface area (Å²) in [7, 11) is -3.28. The van der Waals surface area contributed by atoms with Gasteiger partial charge in [0.25, 0.3) is 0 Å². The van der Waals surface area contributed by atoms with Crippen molar-refractivity contribution >= 4 is 15.8 Å². The topological polar surface area (TPSA) is 93.7 Å². The van der Waals surface area contributed by atoms with Gasteiger partial charge in [0.1, 0.15) is 5.75 Å². The van der Waals surface area contributed by atoms with E-state index in [0.29, 0.717) is 18.6 Å². The summed E-state index contributed by atoms with van der Waals surface area (Å²) in [5.41, 5.74) is 0.674. The number of benzene rings is 1. The Balaban J connectivity index is 1.62. The van der Waals surface area contributed by atoms with Crippen LogP contribution in [0.2, 0.25) is 0 Å². The van der Waals surface area contributed by atoms with Crippen molar-refractivity contribution in [3.63, 3.8) is 0 Å². The minimum atomic E-state index is -3.28. The molecule has 0 aromatic heterocycles. The first-order chi connectivity index (χ1) is 16.8. The van der Waals surface area contributed by atoms with E-state index in [9.17, 15) is 13.2 Å². The van der Waals surface area contributed by atoms with Gasteiger partial charge in [-0.3, -0.25) is 4.79 Å². The molecule has 1 aromatic carbocycles. The second kappa shape index (κ2) is 13.7. The van der Waals surface area contributed by atoms with E-state index in [0.717, 1.165) is 57.4 Å². The van der Waals surface area contributed by atoms with Gasteiger partial charge in [0.15, 0.2) is 5.78 Å². The zero-order chi connectivity index (χ0) is 25.3. The van der Waals surface area contributed by atoms with E-state index < -0.39 is 10.0 Å². The number of sulfonamides is 1. The molecule has 8 heteroatoms. The Kier molecular flexibility index (Phi) is 11.0. The van der Waals surface area contributed by atoms with Crippen molar-refractivity contribution in [3.05, 3.63) is 29.8 Å². The fourth-order valence-electron chi connectivity index (χ4n) is 5.46. The molecule has 2 N–H and O–H groups in total. The quantitative estimate of drug-likeness (QED) is 0.271. The first-order valence-corrected chi connectivity index (χ1v) is 15.3. The van der Waals surface area contributed by atoms with Crippen molar-refractivity contribution < 1.29 is 22.7 Å². The standard InChI is InChI=1S/C27H44N2O5S/c1-4-6-9-25-26(23-19-21(29-35(3,31)32)12-15-24(23)34-25)27(30)20-10-13-22(14-11-20)33-18-8-17-28-16-7-5-2/h10-11,13-14,21,23-26,28-29H,4-9,12,15-19H2,1-3H3. The van der Waals surface area contributed by atoms with Crippen molar-refractivity contribution in [2.45, 2.75) is 89.9 Å². The number of nitrogens with one attached hydrogen (secondary N) is 2. The zero-order valence-corrected chi connectivity index (χ0v) is 22.4. The van der Waals surface area contributed by atoms with Gasteiger partial charge >= 0.3 is 0 Å². The fourth-order valence-corrected chi connectivity index (χ4v) is 6.28. The minimum absolute atomic E-state index is 0.0250. The molecular weight excluding hydrogens is 464 g/mol. The van der Waals surface area contributed by atoms with Gasteiger partial charge in [0.2, 0.25) is 10.0 Å². The highest BCUT2D eigenvalue weighted by Crippen LogP contribution is 2.44. The number of fused-ring (bicyclic) bond motifs is 1. The van der Waals surface area contributed by atoms with Crippen LogP contribution in [0.1, 0.15) is 82.0 Å².